The van der Waals surface area contributed by atoms with Crippen molar-refractivity contribution in [2.45, 2.75) is 25.3 Å². The van der Waals surface area contributed by atoms with E-state index in [0.29, 0.717) is 35.7 Å². The molecule has 168 valence electrons. The highest BCUT2D eigenvalue weighted by molar-refractivity contribution is 6.03. The lowest BCUT2D eigenvalue weighted by molar-refractivity contribution is -0.0909. The van der Waals surface area contributed by atoms with Gasteiger partial charge in [0.25, 0.3) is 12.3 Å². The largest absolute Gasteiger partial charge is 0.491 e. The van der Waals surface area contributed by atoms with Crippen molar-refractivity contribution in [2.24, 2.45) is 0 Å². The third-order valence-corrected chi connectivity index (χ3v) is 5.81. The molecule has 10 heteroatoms. The van der Waals surface area contributed by atoms with Crippen LogP contribution in [0.25, 0.3) is 5.65 Å². The Labute approximate surface area is 183 Å². The summed E-state index contributed by atoms with van der Waals surface area (Å²) < 4.78 is 38.7. The van der Waals surface area contributed by atoms with Crippen LogP contribution in [0.4, 0.5) is 14.5 Å². The van der Waals surface area contributed by atoms with Crippen LogP contribution in [0.1, 0.15) is 41.1 Å². The van der Waals surface area contributed by atoms with Crippen LogP contribution in [0.3, 0.4) is 0 Å². The van der Waals surface area contributed by atoms with Gasteiger partial charge in [-0.05, 0) is 19.1 Å². The summed E-state index contributed by atoms with van der Waals surface area (Å²) in [5.74, 6) is 0.216. The molecule has 2 aliphatic rings. The van der Waals surface area contributed by atoms with Gasteiger partial charge in [0.2, 0.25) is 0 Å². The summed E-state index contributed by atoms with van der Waals surface area (Å²) in [5.41, 5.74) is 1.58. The number of carbonyl (C=O) groups excluding carboxylic acids is 1. The number of alkyl halides is 2. The zero-order valence-electron chi connectivity index (χ0n) is 17.5. The Hall–Kier alpha value is -3.11. The summed E-state index contributed by atoms with van der Waals surface area (Å²) >= 11 is 0. The minimum atomic E-state index is -2.75. The van der Waals surface area contributed by atoms with Crippen LogP contribution in [-0.4, -0.2) is 64.1 Å². The van der Waals surface area contributed by atoms with Crippen molar-refractivity contribution in [2.75, 3.05) is 38.2 Å². The van der Waals surface area contributed by atoms with E-state index in [-0.39, 0.29) is 5.69 Å². The number of nitrogens with one attached hydrogen (secondary N) is 1. The molecule has 5 rings (SSSR count). The number of hydrogen-bond acceptors (Lipinski definition) is 6. The summed E-state index contributed by atoms with van der Waals surface area (Å²) in [5, 5.41) is 2.73. The third kappa shape index (κ3) is 3.91. The summed E-state index contributed by atoms with van der Waals surface area (Å²) in [4.78, 5) is 23.6. The number of pyridine rings is 2. The minimum Gasteiger partial charge on any atom is -0.491 e. The Morgan fingerprint density at radius 2 is 2.09 bits per heavy atom. The van der Waals surface area contributed by atoms with E-state index in [4.69, 9.17) is 14.5 Å². The lowest BCUT2D eigenvalue weighted by Gasteiger charge is -2.46. The molecule has 0 saturated carbocycles. The monoisotopic (exact) mass is 443 g/mol. The minimum absolute atomic E-state index is 0.0915. The maximum absolute atomic E-state index is 12.9. The molecule has 2 aliphatic heterocycles. The van der Waals surface area contributed by atoms with E-state index < -0.39 is 18.0 Å². The van der Waals surface area contributed by atoms with Crippen LogP contribution < -0.4 is 10.1 Å². The number of anilines is 1. The van der Waals surface area contributed by atoms with Gasteiger partial charge < -0.3 is 19.2 Å². The molecule has 8 nitrogen and oxygen atoms in total. The van der Waals surface area contributed by atoms with Gasteiger partial charge in [-0.1, -0.05) is 6.07 Å². The van der Waals surface area contributed by atoms with Crippen molar-refractivity contribution >= 4 is 17.2 Å². The molecule has 0 bridgehead atoms. The molecule has 1 N–H and O–H groups in total. The first kappa shape index (κ1) is 20.8. The molecule has 0 radical (unpaired) electrons. The summed E-state index contributed by atoms with van der Waals surface area (Å²) in [6.45, 7) is 5.74. The van der Waals surface area contributed by atoms with E-state index in [2.05, 4.69) is 15.2 Å². The van der Waals surface area contributed by atoms with Crippen molar-refractivity contribution in [3.63, 3.8) is 0 Å². The van der Waals surface area contributed by atoms with E-state index in [1.807, 2.05) is 17.5 Å². The Morgan fingerprint density at radius 3 is 2.78 bits per heavy atom. The van der Waals surface area contributed by atoms with Crippen molar-refractivity contribution in [1.82, 2.24) is 19.3 Å². The zero-order chi connectivity index (χ0) is 22.2. The molecule has 5 heterocycles. The van der Waals surface area contributed by atoms with E-state index in [9.17, 15) is 13.6 Å². The second-order valence-electron chi connectivity index (χ2n) is 7.96. The average molecular weight is 443 g/mol. The smallest absolute Gasteiger partial charge is 0.280 e. The van der Waals surface area contributed by atoms with Gasteiger partial charge in [0, 0.05) is 37.5 Å². The van der Waals surface area contributed by atoms with Crippen molar-refractivity contribution in [1.29, 1.82) is 0 Å². The van der Waals surface area contributed by atoms with Crippen LogP contribution in [0, 0.1) is 0 Å². The predicted octanol–water partition coefficient (Wildman–Crippen LogP) is 3.12. The second-order valence-corrected chi connectivity index (χ2v) is 7.96. The van der Waals surface area contributed by atoms with Crippen LogP contribution in [0.15, 0.2) is 36.7 Å². The first-order valence-corrected chi connectivity index (χ1v) is 10.6. The van der Waals surface area contributed by atoms with Crippen LogP contribution in [-0.2, 0) is 4.74 Å². The Balaban J connectivity index is 1.37. The summed E-state index contributed by atoms with van der Waals surface area (Å²) in [6.07, 6.45) is 0.930. The molecule has 2 fully saturated rings. The van der Waals surface area contributed by atoms with E-state index in [1.54, 1.807) is 12.3 Å². The van der Waals surface area contributed by atoms with Crippen molar-refractivity contribution in [3.8, 4) is 5.75 Å². The molecule has 0 atom stereocenters. The maximum atomic E-state index is 12.9. The molecule has 0 aromatic carbocycles. The Bertz CT molecular complexity index is 1140. The number of ether oxygens (including phenoxy) is 2. The van der Waals surface area contributed by atoms with Gasteiger partial charge >= 0.3 is 0 Å². The maximum Gasteiger partial charge on any atom is 0.280 e. The number of nitrogens with zero attached hydrogens (tertiary/aromatic N) is 4. The highest BCUT2D eigenvalue weighted by Gasteiger charge is 2.37. The van der Waals surface area contributed by atoms with Gasteiger partial charge in [-0.15, -0.1) is 0 Å². The molecule has 0 aliphatic carbocycles. The van der Waals surface area contributed by atoms with Gasteiger partial charge in [0.05, 0.1) is 31.6 Å². The lowest BCUT2D eigenvalue weighted by Crippen LogP contribution is -2.58. The van der Waals surface area contributed by atoms with Gasteiger partial charge in [0.15, 0.2) is 0 Å². The predicted molar refractivity (Wildman–Crippen MR) is 112 cm³/mol. The molecule has 3 aromatic heterocycles. The summed E-state index contributed by atoms with van der Waals surface area (Å²) in [7, 11) is 0. The fraction of sp³-hybridized carbons (Fsp3) is 0.409. The molecular formula is C22H23F2N5O3. The quantitative estimate of drug-likeness (QED) is 0.605. The SMILES string of the molecule is CCOc1cc2nc(C3CN(C4COC4)C3)cn2cc1NC(=O)c1cccc(C(F)F)n1. The van der Waals surface area contributed by atoms with E-state index >= 15 is 0 Å². The van der Waals surface area contributed by atoms with Crippen LogP contribution in [0.5, 0.6) is 5.75 Å². The van der Waals surface area contributed by atoms with Crippen LogP contribution >= 0.6 is 0 Å². The molecule has 1 amide bonds. The average Bonchev–Trinajstić information content (AvgIpc) is 3.11. The number of imidazole rings is 1. The van der Waals surface area contributed by atoms with Gasteiger partial charge in [0.1, 0.15) is 28.5 Å². The van der Waals surface area contributed by atoms with E-state index in [1.165, 1.54) is 18.2 Å². The highest BCUT2D eigenvalue weighted by Crippen LogP contribution is 2.32. The molecule has 32 heavy (non-hydrogen) atoms. The van der Waals surface area contributed by atoms with E-state index in [0.717, 1.165) is 32.0 Å². The molecular weight excluding hydrogens is 420 g/mol. The standard InChI is InChI=1S/C22H23F2N5O3/c1-2-32-19-6-20-26-17(13-7-28(8-13)14-11-31-12-14)9-29(20)10-18(19)27-22(30)16-5-3-4-15(25-16)21(23)24/h3-6,9-10,13-14,21H,2,7-8,11-12H2,1H3,(H,27,30). The van der Waals surface area contributed by atoms with Crippen LogP contribution in [0.2, 0.25) is 0 Å². The van der Waals surface area contributed by atoms with Gasteiger partial charge in [-0.2, -0.15) is 0 Å². The first-order chi connectivity index (χ1) is 15.5. The fourth-order valence-corrected chi connectivity index (χ4v) is 3.92. The van der Waals surface area contributed by atoms with Crippen molar-refractivity contribution < 1.29 is 23.0 Å². The zero-order valence-corrected chi connectivity index (χ0v) is 17.5. The number of hydrogen-bond donors (Lipinski definition) is 1. The number of aromatic nitrogens is 3. The van der Waals surface area contributed by atoms with Gasteiger partial charge in [-0.25, -0.2) is 18.7 Å². The number of halogens is 2. The Morgan fingerprint density at radius 1 is 1.28 bits per heavy atom. The topological polar surface area (TPSA) is 81.0 Å². The number of fused-ring (bicyclic) bond motifs is 1. The normalized spacial score (nSPS) is 17.4. The molecule has 0 spiro atoms. The number of likely N-dealkylation sites (tertiary alicyclic amines) is 1. The van der Waals surface area contributed by atoms with Crippen molar-refractivity contribution in [3.05, 3.63) is 53.7 Å². The number of rotatable bonds is 7. The Kier molecular flexibility index (Phi) is 5.48. The highest BCUT2D eigenvalue weighted by atomic mass is 19.3. The first-order valence-electron chi connectivity index (χ1n) is 10.6. The van der Waals surface area contributed by atoms with Gasteiger partial charge in [-0.3, -0.25) is 9.69 Å². The molecule has 2 saturated heterocycles. The molecule has 0 unspecified atom stereocenters. The fourth-order valence-electron chi connectivity index (χ4n) is 3.92. The summed E-state index contributed by atoms with van der Waals surface area (Å²) in [6, 6.07) is 6.25. The number of amides is 1. The molecule has 3 aromatic rings. The number of carbonyl (C=O) groups is 1. The third-order valence-electron chi connectivity index (χ3n) is 5.81. The second kappa shape index (κ2) is 8.44. The lowest BCUT2D eigenvalue weighted by atomic mass is 9.94.